The number of aliphatic hydroxyl groups excluding tert-OH is 2. The molecule has 0 aliphatic carbocycles. The molecule has 1 heterocycles. The van der Waals surface area contributed by atoms with Gasteiger partial charge in [-0.15, -0.1) is 0 Å². The van der Waals surface area contributed by atoms with E-state index >= 15 is 0 Å². The maximum atomic E-state index is 13.5. The van der Waals surface area contributed by atoms with Crippen LogP contribution in [0.1, 0.15) is 18.4 Å². The van der Waals surface area contributed by atoms with Gasteiger partial charge in [-0.05, 0) is 30.9 Å². The summed E-state index contributed by atoms with van der Waals surface area (Å²) in [5.74, 6) is -0.116. The van der Waals surface area contributed by atoms with Crippen molar-refractivity contribution < 1.29 is 14.6 Å². The van der Waals surface area contributed by atoms with Crippen LogP contribution in [-0.4, -0.2) is 29.9 Å². The van der Waals surface area contributed by atoms with Crippen molar-refractivity contribution in [2.75, 3.05) is 24.6 Å². The van der Waals surface area contributed by atoms with Gasteiger partial charge in [0.05, 0.1) is 6.61 Å². The van der Waals surface area contributed by atoms with E-state index < -0.39 is 0 Å². The van der Waals surface area contributed by atoms with Crippen LogP contribution < -0.4 is 4.90 Å². The van der Waals surface area contributed by atoms with Crippen molar-refractivity contribution in [2.24, 2.45) is 5.92 Å². The van der Waals surface area contributed by atoms with Crippen molar-refractivity contribution in [1.29, 1.82) is 0 Å². The van der Waals surface area contributed by atoms with Gasteiger partial charge in [0.1, 0.15) is 5.82 Å². The fraction of sp³-hybridized carbons (Fsp3) is 0.538. The molecule has 2 N–H and O–H groups in total. The summed E-state index contributed by atoms with van der Waals surface area (Å²) in [5.41, 5.74) is 1.11. The molecule has 0 spiro atoms. The Hall–Kier alpha value is -1.13. The lowest BCUT2D eigenvalue weighted by Crippen LogP contribution is -2.37. The Balaban J connectivity index is 2.24. The molecule has 1 atom stereocenters. The third-order valence-electron chi connectivity index (χ3n) is 3.37. The van der Waals surface area contributed by atoms with Crippen molar-refractivity contribution >= 4 is 5.69 Å². The SMILES string of the molecule is OCc1c(F)cccc1N1CCCC(CO)C1. The smallest absolute Gasteiger partial charge is 0.130 e. The second kappa shape index (κ2) is 5.47. The lowest BCUT2D eigenvalue weighted by molar-refractivity contribution is 0.208. The number of benzene rings is 1. The van der Waals surface area contributed by atoms with Gasteiger partial charge in [0.25, 0.3) is 0 Å². The highest BCUT2D eigenvalue weighted by Gasteiger charge is 2.22. The van der Waals surface area contributed by atoms with Crippen LogP contribution in [-0.2, 0) is 6.61 Å². The van der Waals surface area contributed by atoms with E-state index in [0.717, 1.165) is 31.6 Å². The predicted molar refractivity (Wildman–Crippen MR) is 64.3 cm³/mol. The Morgan fingerprint density at radius 2 is 2.18 bits per heavy atom. The zero-order chi connectivity index (χ0) is 12.3. The van der Waals surface area contributed by atoms with E-state index in [1.54, 1.807) is 6.07 Å². The normalized spacial score (nSPS) is 20.6. The van der Waals surface area contributed by atoms with E-state index in [1.807, 2.05) is 6.07 Å². The number of halogens is 1. The molecule has 1 aromatic carbocycles. The predicted octanol–water partition coefficient (Wildman–Crippen LogP) is 1.53. The largest absolute Gasteiger partial charge is 0.396 e. The summed E-state index contributed by atoms with van der Waals surface area (Å²) in [4.78, 5) is 2.05. The molecule has 2 rings (SSSR count). The minimum absolute atomic E-state index is 0.167. The van der Waals surface area contributed by atoms with Crippen molar-refractivity contribution in [2.45, 2.75) is 19.4 Å². The van der Waals surface area contributed by atoms with E-state index in [9.17, 15) is 14.6 Å². The number of anilines is 1. The first-order valence-electron chi connectivity index (χ1n) is 6.00. The van der Waals surface area contributed by atoms with Gasteiger partial charge in [-0.3, -0.25) is 0 Å². The first-order chi connectivity index (χ1) is 8.26. The third kappa shape index (κ3) is 2.58. The number of hydrogen-bond donors (Lipinski definition) is 2. The molecule has 0 amide bonds. The Labute approximate surface area is 100 Å². The van der Waals surface area contributed by atoms with E-state index in [0.29, 0.717) is 5.56 Å². The average molecular weight is 239 g/mol. The molecule has 4 heteroatoms. The molecule has 94 valence electrons. The van der Waals surface area contributed by atoms with Crippen molar-refractivity contribution in [1.82, 2.24) is 0 Å². The van der Waals surface area contributed by atoms with Gasteiger partial charge in [0, 0.05) is 30.9 Å². The lowest BCUT2D eigenvalue weighted by atomic mass is 9.97. The molecule has 1 unspecified atom stereocenters. The van der Waals surface area contributed by atoms with Gasteiger partial charge in [-0.2, -0.15) is 0 Å². The maximum absolute atomic E-state index is 13.5. The van der Waals surface area contributed by atoms with Crippen LogP contribution in [0, 0.1) is 11.7 Å². The summed E-state index contributed by atoms with van der Waals surface area (Å²) >= 11 is 0. The highest BCUT2D eigenvalue weighted by Crippen LogP contribution is 2.27. The Bertz CT molecular complexity index is 384. The molecule has 1 aliphatic rings. The molecule has 1 aromatic rings. The Morgan fingerprint density at radius 1 is 1.35 bits per heavy atom. The van der Waals surface area contributed by atoms with Crippen LogP contribution in [0.25, 0.3) is 0 Å². The minimum atomic E-state index is -0.365. The number of nitrogens with zero attached hydrogens (tertiary/aromatic N) is 1. The van der Waals surface area contributed by atoms with Crippen LogP contribution in [0.15, 0.2) is 18.2 Å². The third-order valence-corrected chi connectivity index (χ3v) is 3.37. The second-order valence-corrected chi connectivity index (χ2v) is 4.53. The van der Waals surface area contributed by atoms with Crippen molar-refractivity contribution in [3.8, 4) is 0 Å². The van der Waals surface area contributed by atoms with E-state index in [-0.39, 0.29) is 24.9 Å². The lowest BCUT2D eigenvalue weighted by Gasteiger charge is -2.34. The topological polar surface area (TPSA) is 43.7 Å². The van der Waals surface area contributed by atoms with E-state index in [1.165, 1.54) is 6.07 Å². The molecular formula is C13H18FNO2. The first-order valence-corrected chi connectivity index (χ1v) is 6.00. The summed E-state index contributed by atoms with van der Waals surface area (Å²) in [5, 5.41) is 18.4. The molecule has 0 aromatic heterocycles. The van der Waals surface area contributed by atoms with Gasteiger partial charge in [0.2, 0.25) is 0 Å². The van der Waals surface area contributed by atoms with Gasteiger partial charge < -0.3 is 15.1 Å². The van der Waals surface area contributed by atoms with E-state index in [2.05, 4.69) is 4.90 Å². The molecule has 0 bridgehead atoms. The highest BCUT2D eigenvalue weighted by molar-refractivity contribution is 5.54. The van der Waals surface area contributed by atoms with Gasteiger partial charge in [-0.25, -0.2) is 4.39 Å². The molecule has 0 radical (unpaired) electrons. The molecule has 0 saturated carbocycles. The second-order valence-electron chi connectivity index (χ2n) is 4.53. The van der Waals surface area contributed by atoms with Crippen LogP contribution in [0.2, 0.25) is 0 Å². The quantitative estimate of drug-likeness (QED) is 0.840. The van der Waals surface area contributed by atoms with Crippen LogP contribution in [0.4, 0.5) is 10.1 Å². The fourth-order valence-electron chi connectivity index (χ4n) is 2.43. The molecule has 3 nitrogen and oxygen atoms in total. The zero-order valence-electron chi connectivity index (χ0n) is 9.77. The highest BCUT2D eigenvalue weighted by atomic mass is 19.1. The number of aliphatic hydroxyl groups is 2. The zero-order valence-corrected chi connectivity index (χ0v) is 9.77. The Kier molecular flexibility index (Phi) is 3.97. The average Bonchev–Trinajstić information content (AvgIpc) is 2.38. The minimum Gasteiger partial charge on any atom is -0.396 e. The fourth-order valence-corrected chi connectivity index (χ4v) is 2.43. The van der Waals surface area contributed by atoms with Crippen LogP contribution in [0.3, 0.4) is 0 Å². The summed E-state index contributed by atoms with van der Waals surface area (Å²) in [7, 11) is 0. The van der Waals surface area contributed by atoms with Crippen molar-refractivity contribution in [3.05, 3.63) is 29.6 Å². The van der Waals surface area contributed by atoms with E-state index in [4.69, 9.17) is 0 Å². The number of hydrogen-bond acceptors (Lipinski definition) is 3. The number of piperidine rings is 1. The van der Waals surface area contributed by atoms with Crippen LogP contribution >= 0.6 is 0 Å². The number of rotatable bonds is 3. The van der Waals surface area contributed by atoms with Crippen molar-refractivity contribution in [3.63, 3.8) is 0 Å². The Morgan fingerprint density at radius 3 is 2.88 bits per heavy atom. The first kappa shape index (κ1) is 12.3. The van der Waals surface area contributed by atoms with Crippen LogP contribution in [0.5, 0.6) is 0 Å². The molecule has 1 saturated heterocycles. The van der Waals surface area contributed by atoms with Gasteiger partial charge in [0.15, 0.2) is 0 Å². The standard InChI is InChI=1S/C13H18FNO2/c14-12-4-1-5-13(11(12)9-17)15-6-2-3-10(7-15)8-16/h1,4-5,10,16-17H,2-3,6-9H2. The summed E-state index contributed by atoms with van der Waals surface area (Å²) in [6, 6.07) is 4.85. The van der Waals surface area contributed by atoms with Gasteiger partial charge >= 0.3 is 0 Å². The summed E-state index contributed by atoms with van der Waals surface area (Å²) < 4.78 is 13.5. The molecule has 1 aliphatic heterocycles. The molecule has 1 fully saturated rings. The summed E-state index contributed by atoms with van der Waals surface area (Å²) in [6.45, 7) is 1.46. The van der Waals surface area contributed by atoms with Gasteiger partial charge in [-0.1, -0.05) is 6.07 Å². The monoisotopic (exact) mass is 239 g/mol. The maximum Gasteiger partial charge on any atom is 0.130 e. The molecular weight excluding hydrogens is 221 g/mol. The summed E-state index contributed by atoms with van der Waals surface area (Å²) in [6.07, 6.45) is 2.00. The molecule has 17 heavy (non-hydrogen) atoms.